The van der Waals surface area contributed by atoms with Crippen LogP contribution in [0.25, 0.3) is 0 Å². The summed E-state index contributed by atoms with van der Waals surface area (Å²) in [5, 5.41) is 0. The van der Waals surface area contributed by atoms with Crippen LogP contribution in [0.15, 0.2) is 12.2 Å². The van der Waals surface area contributed by atoms with Gasteiger partial charge in [0.05, 0.1) is 0 Å². The van der Waals surface area contributed by atoms with Crippen LogP contribution in [0.3, 0.4) is 0 Å². The van der Waals surface area contributed by atoms with E-state index < -0.39 is 7.26 Å². The number of rotatable bonds is 16. The molecule has 0 aromatic rings. The van der Waals surface area contributed by atoms with Gasteiger partial charge in [0.2, 0.25) is 0 Å². The van der Waals surface area contributed by atoms with Crippen molar-refractivity contribution in [1.82, 2.24) is 0 Å². The number of carbonyl (C=O) groups is 1. The third-order valence-corrected chi connectivity index (χ3v) is 11.6. The molecule has 0 bridgehead atoms. The molecular weight excluding hydrogens is 315 g/mol. The molecule has 0 radical (unpaired) electrons. The quantitative estimate of drug-likeness (QED) is 0.138. The molecule has 0 aliphatic heterocycles. The summed E-state index contributed by atoms with van der Waals surface area (Å²) >= 11 is 0. The molecule has 0 fully saturated rings. The number of esters is 1. The summed E-state index contributed by atoms with van der Waals surface area (Å²) in [5.41, 5.74) is 0.492. The molecule has 2 nitrogen and oxygen atoms in total. The van der Waals surface area contributed by atoms with E-state index >= 15 is 0 Å². The molecule has 24 heavy (non-hydrogen) atoms. The van der Waals surface area contributed by atoms with E-state index in [1.165, 1.54) is 69.9 Å². The third kappa shape index (κ3) is 11.2. The molecule has 0 amide bonds. The van der Waals surface area contributed by atoms with Gasteiger partial charge in [-0.3, -0.25) is 0 Å². The fourth-order valence-electron chi connectivity index (χ4n) is 3.41. The van der Waals surface area contributed by atoms with E-state index in [-0.39, 0.29) is 5.97 Å². The normalized spacial score (nSPS) is 12.2. The second-order valence-corrected chi connectivity index (χ2v) is 13.0. The van der Waals surface area contributed by atoms with E-state index in [0.29, 0.717) is 12.2 Å². The number of unbranched alkanes of at least 4 members (excludes halogenated alkanes) is 8. The van der Waals surface area contributed by atoms with E-state index in [9.17, 15) is 4.79 Å². The summed E-state index contributed by atoms with van der Waals surface area (Å²) in [5.74, 6) is -0.253. The van der Waals surface area contributed by atoms with E-state index in [2.05, 4.69) is 27.4 Å². The molecule has 0 aromatic heterocycles. The van der Waals surface area contributed by atoms with E-state index in [1.807, 2.05) is 0 Å². The topological polar surface area (TPSA) is 26.3 Å². The van der Waals surface area contributed by atoms with Crippen LogP contribution in [-0.4, -0.2) is 37.2 Å². The van der Waals surface area contributed by atoms with Gasteiger partial charge in [0.1, 0.15) is 0 Å². The minimum absolute atomic E-state index is 0.253. The first kappa shape index (κ1) is 23.6. The molecule has 3 heteroatoms. The zero-order valence-corrected chi connectivity index (χ0v) is 17.9. The summed E-state index contributed by atoms with van der Waals surface area (Å²) in [4.78, 5) is 11.2. The van der Waals surface area contributed by atoms with Crippen LogP contribution in [0.5, 0.6) is 0 Å². The first-order valence-electron chi connectivity index (χ1n) is 10.3. The van der Waals surface area contributed by atoms with E-state index in [1.54, 1.807) is 13.1 Å². The fraction of sp³-hybridized carbons (Fsp3) is 0.857. The average Bonchev–Trinajstić information content (AvgIpc) is 2.59. The van der Waals surface area contributed by atoms with Gasteiger partial charge in [-0.25, -0.2) is 4.79 Å². The fourth-order valence-corrected chi connectivity index (χ4v) is 6.97. The molecule has 0 heterocycles. The number of ether oxygens (including phenoxy) is 1. The van der Waals surface area contributed by atoms with Gasteiger partial charge in [-0.1, -0.05) is 6.58 Å². The molecule has 0 saturated heterocycles. The average molecular weight is 359 g/mol. The number of carbonyl (C=O) groups excluding carboxylic acids is 1. The van der Waals surface area contributed by atoms with Gasteiger partial charge in [-0.15, -0.1) is 0 Å². The van der Waals surface area contributed by atoms with Crippen molar-refractivity contribution in [3.8, 4) is 0 Å². The van der Waals surface area contributed by atoms with Crippen molar-refractivity contribution >= 4 is 13.2 Å². The molecule has 0 unspecified atom stereocenters. The molecule has 0 spiro atoms. The maximum absolute atomic E-state index is 11.2. The second kappa shape index (κ2) is 14.9. The van der Waals surface area contributed by atoms with Crippen molar-refractivity contribution in [2.24, 2.45) is 0 Å². The van der Waals surface area contributed by atoms with E-state index in [0.717, 1.165) is 6.42 Å². The summed E-state index contributed by atoms with van der Waals surface area (Å²) in [6.45, 7) is 13.1. The Morgan fingerprint density at radius 2 is 1.21 bits per heavy atom. The Kier molecular flexibility index (Phi) is 14.7. The summed E-state index contributed by atoms with van der Waals surface area (Å²) in [6, 6.07) is 0. The Morgan fingerprint density at radius 3 is 1.62 bits per heavy atom. The zero-order valence-electron chi connectivity index (χ0n) is 16.9. The Labute approximate surface area is 152 Å². The van der Waals surface area contributed by atoms with Crippen LogP contribution >= 0.6 is 7.26 Å². The van der Waals surface area contributed by atoms with Crippen molar-refractivity contribution in [1.29, 1.82) is 0 Å². The monoisotopic (exact) mass is 358 g/mol. The molecule has 0 N–H and O–H groups in total. The van der Waals surface area contributed by atoms with Gasteiger partial charge in [0, 0.05) is 5.57 Å². The van der Waals surface area contributed by atoms with Crippen LogP contribution in [0.1, 0.15) is 85.5 Å². The summed E-state index contributed by atoms with van der Waals surface area (Å²) < 4.78 is 5.10. The molecule has 0 rings (SSSR count). The van der Waals surface area contributed by atoms with Crippen molar-refractivity contribution in [3.05, 3.63) is 12.2 Å². The number of hydrogen-bond donors (Lipinski definition) is 0. The molecule has 0 aromatic carbocycles. The first-order valence-corrected chi connectivity index (χ1v) is 13.2. The Hall–Kier alpha value is -0.360. The molecule has 0 aliphatic rings. The van der Waals surface area contributed by atoms with Gasteiger partial charge in [0.15, 0.2) is 0 Å². The summed E-state index contributed by atoms with van der Waals surface area (Å²) in [7, 11) is -0.868. The van der Waals surface area contributed by atoms with Crippen molar-refractivity contribution in [3.63, 3.8) is 0 Å². The molecule has 0 saturated carbocycles. The second-order valence-electron chi connectivity index (χ2n) is 7.41. The van der Waals surface area contributed by atoms with Crippen molar-refractivity contribution < 1.29 is 9.53 Å². The van der Waals surface area contributed by atoms with Gasteiger partial charge < -0.3 is 0 Å². The van der Waals surface area contributed by atoms with Gasteiger partial charge in [-0.2, -0.15) is 0 Å². The van der Waals surface area contributed by atoms with Crippen molar-refractivity contribution in [2.75, 3.05) is 31.3 Å². The Balaban J connectivity index is 3.37. The van der Waals surface area contributed by atoms with E-state index in [4.69, 9.17) is 4.74 Å². The summed E-state index contributed by atoms with van der Waals surface area (Å²) in [6.07, 6.45) is 17.8. The maximum atomic E-state index is 11.2. The Bertz CT molecular complexity index is 326. The van der Waals surface area contributed by atoms with Gasteiger partial charge in [-0.05, 0) is 6.92 Å². The minimum atomic E-state index is -0.868. The first-order chi connectivity index (χ1) is 11.5. The molecule has 0 aliphatic carbocycles. The van der Waals surface area contributed by atoms with Crippen molar-refractivity contribution in [2.45, 2.75) is 85.5 Å². The predicted octanol–water partition coefficient (Wildman–Crippen LogP) is 6.43. The molecule has 0 atom stereocenters. The van der Waals surface area contributed by atoms with Crippen LogP contribution in [0, 0.1) is 0 Å². The van der Waals surface area contributed by atoms with Crippen LogP contribution in [0.2, 0.25) is 0 Å². The van der Waals surface area contributed by atoms with Crippen LogP contribution in [0.4, 0.5) is 0 Å². The van der Waals surface area contributed by atoms with Crippen LogP contribution < -0.4 is 0 Å². The number of hydrogen-bond acceptors (Lipinski definition) is 2. The van der Waals surface area contributed by atoms with Gasteiger partial charge >= 0.3 is 128 Å². The molecular formula is C21H43O2P. The third-order valence-electron chi connectivity index (χ3n) is 5.68. The van der Waals surface area contributed by atoms with Crippen LogP contribution in [-0.2, 0) is 9.53 Å². The predicted molar refractivity (Wildman–Crippen MR) is 112 cm³/mol. The standard InChI is InChI=1S/C21H43O2P/c1-6-24(7-2,8-3)19-17-15-13-11-9-10-12-14-16-18-23-21(22)20(4)5/h24H,4,6-19H2,1-3,5H3. The SMILES string of the molecule is C=C(C)C(=O)OCCCCCCCCCCC[PH](CC)(CC)CC. The Morgan fingerprint density at radius 1 is 0.792 bits per heavy atom. The zero-order chi connectivity index (χ0) is 18.3. The van der Waals surface area contributed by atoms with Gasteiger partial charge in [0.25, 0.3) is 0 Å². The molecule has 144 valence electrons.